The predicted molar refractivity (Wildman–Crippen MR) is 154 cm³/mol. The molecule has 202 valence electrons. The van der Waals surface area contributed by atoms with Crippen molar-refractivity contribution in [1.29, 1.82) is 0 Å². The molecule has 1 saturated heterocycles. The number of terminal acetylenes is 1. The molecule has 1 aromatic carbocycles. The monoisotopic (exact) mass is 521 g/mol. The zero-order valence-electron chi connectivity index (χ0n) is 23.0. The van der Waals surface area contributed by atoms with Crippen LogP contribution in [0.3, 0.4) is 0 Å². The maximum Gasteiger partial charge on any atom is 0.416 e. The molecule has 0 unspecified atom stereocenters. The minimum atomic E-state index is -4.34. The van der Waals surface area contributed by atoms with Crippen LogP contribution in [0.15, 0.2) is 88.8 Å². The molecule has 1 fully saturated rings. The molecule has 2 N–H and O–H groups in total. The summed E-state index contributed by atoms with van der Waals surface area (Å²) < 4.78 is 39.9. The molecule has 0 spiro atoms. The highest BCUT2D eigenvalue weighted by atomic mass is 19.4. The van der Waals surface area contributed by atoms with Crippen molar-refractivity contribution in [3.8, 4) is 12.3 Å². The van der Waals surface area contributed by atoms with E-state index in [1.165, 1.54) is 17.8 Å². The number of alkyl halides is 3. The number of allylic oxidation sites excluding steroid dienone is 10. The van der Waals surface area contributed by atoms with Gasteiger partial charge in [-0.2, -0.15) is 13.2 Å². The Balaban J connectivity index is 0.000000323. The van der Waals surface area contributed by atoms with Crippen molar-refractivity contribution < 1.29 is 13.2 Å². The van der Waals surface area contributed by atoms with E-state index in [0.29, 0.717) is 17.8 Å². The molecule has 0 bridgehead atoms. The average Bonchev–Trinajstić information content (AvgIpc) is 2.87. The van der Waals surface area contributed by atoms with Crippen molar-refractivity contribution in [2.24, 2.45) is 0 Å². The number of anilines is 1. The van der Waals surface area contributed by atoms with Crippen LogP contribution in [-0.4, -0.2) is 29.7 Å². The Morgan fingerprint density at radius 2 is 1.95 bits per heavy atom. The first kappa shape index (κ1) is 30.5. The summed E-state index contributed by atoms with van der Waals surface area (Å²) in [5, 5.41) is 1.98. The summed E-state index contributed by atoms with van der Waals surface area (Å²) in [4.78, 5) is 6.19. The van der Waals surface area contributed by atoms with E-state index in [1.54, 1.807) is 25.3 Å². The molecule has 0 amide bonds. The second-order valence-corrected chi connectivity index (χ2v) is 9.37. The molecule has 0 radical (unpaired) electrons. The molecular formula is C32H38F3N3. The van der Waals surface area contributed by atoms with E-state index in [2.05, 4.69) is 21.9 Å². The number of rotatable bonds is 5. The minimum absolute atomic E-state index is 0.350. The molecule has 38 heavy (non-hydrogen) atoms. The standard InChI is InChI=1S/C21H30F3N.C11H8N2/c1-6-10-17(14-18(11-7-2)21(22,23)24)20(16(3)4)15-19-12-8-9-13-25(19)5;1-2-8-3-4-9-5-6-13-11(12)10(9)7-8/h6,10-11,14-15H,7-9,12-13H2,1-5H3;1,3-7H,(H2,12,13)/b10-6-,17-14+,18-11-,19-15-;. The lowest BCUT2D eigenvalue weighted by molar-refractivity contribution is -0.0884. The lowest BCUT2D eigenvalue weighted by atomic mass is 9.95. The van der Waals surface area contributed by atoms with E-state index in [-0.39, 0.29) is 0 Å². The number of hydrogen-bond donors (Lipinski definition) is 1. The van der Waals surface area contributed by atoms with E-state index < -0.39 is 11.7 Å². The normalized spacial score (nSPS) is 15.9. The molecule has 1 aliphatic rings. The van der Waals surface area contributed by atoms with E-state index >= 15 is 0 Å². The van der Waals surface area contributed by atoms with Crippen LogP contribution in [0.25, 0.3) is 10.8 Å². The minimum Gasteiger partial charge on any atom is -0.383 e. The summed E-state index contributed by atoms with van der Waals surface area (Å²) in [7, 11) is 2.05. The number of hydrogen-bond acceptors (Lipinski definition) is 3. The van der Waals surface area contributed by atoms with Gasteiger partial charge in [-0.15, -0.1) is 6.42 Å². The van der Waals surface area contributed by atoms with Crippen molar-refractivity contribution in [3.63, 3.8) is 0 Å². The average molecular weight is 522 g/mol. The highest BCUT2D eigenvalue weighted by Gasteiger charge is 2.32. The van der Waals surface area contributed by atoms with Gasteiger partial charge in [-0.25, -0.2) is 4.98 Å². The summed E-state index contributed by atoms with van der Waals surface area (Å²) in [5.41, 5.74) is 9.61. The molecule has 6 heteroatoms. The summed E-state index contributed by atoms with van der Waals surface area (Å²) in [6.45, 7) is 8.43. The molecule has 2 aromatic rings. The predicted octanol–water partition coefficient (Wildman–Crippen LogP) is 8.52. The second kappa shape index (κ2) is 14.3. The van der Waals surface area contributed by atoms with Crippen molar-refractivity contribution in [2.75, 3.05) is 19.3 Å². The van der Waals surface area contributed by atoms with Crippen LogP contribution >= 0.6 is 0 Å². The third kappa shape index (κ3) is 8.69. The first-order valence-electron chi connectivity index (χ1n) is 12.8. The molecule has 1 aliphatic heterocycles. The zero-order valence-corrected chi connectivity index (χ0v) is 23.0. The highest BCUT2D eigenvalue weighted by molar-refractivity contribution is 5.91. The van der Waals surface area contributed by atoms with Gasteiger partial charge in [0.1, 0.15) is 5.82 Å². The van der Waals surface area contributed by atoms with Crippen LogP contribution in [0.1, 0.15) is 58.9 Å². The van der Waals surface area contributed by atoms with Gasteiger partial charge in [0.15, 0.2) is 0 Å². The number of piperidine rings is 1. The lowest BCUT2D eigenvalue weighted by Gasteiger charge is -2.28. The van der Waals surface area contributed by atoms with Crippen molar-refractivity contribution in [1.82, 2.24) is 9.88 Å². The Morgan fingerprint density at radius 3 is 2.53 bits per heavy atom. The van der Waals surface area contributed by atoms with Crippen LogP contribution in [-0.2, 0) is 0 Å². The van der Waals surface area contributed by atoms with Gasteiger partial charge in [0.05, 0.1) is 5.57 Å². The molecule has 3 rings (SSSR count). The zero-order chi connectivity index (χ0) is 28.3. The number of pyridine rings is 1. The van der Waals surface area contributed by atoms with E-state index in [4.69, 9.17) is 12.2 Å². The number of benzene rings is 1. The smallest absolute Gasteiger partial charge is 0.383 e. The fourth-order valence-corrected chi connectivity index (χ4v) is 4.17. The molecule has 0 saturated carbocycles. The van der Waals surface area contributed by atoms with Gasteiger partial charge in [0, 0.05) is 36.4 Å². The van der Waals surface area contributed by atoms with Crippen LogP contribution in [0.5, 0.6) is 0 Å². The Bertz CT molecular complexity index is 1300. The summed E-state index contributed by atoms with van der Waals surface area (Å²) in [5.74, 6) is 3.09. The van der Waals surface area contributed by atoms with Gasteiger partial charge in [-0.3, -0.25) is 0 Å². The van der Waals surface area contributed by atoms with Gasteiger partial charge in [0.2, 0.25) is 0 Å². The van der Waals surface area contributed by atoms with Crippen molar-refractivity contribution in [2.45, 2.75) is 59.6 Å². The van der Waals surface area contributed by atoms with Crippen molar-refractivity contribution in [3.05, 3.63) is 94.4 Å². The third-order valence-corrected chi connectivity index (χ3v) is 6.20. The maximum atomic E-state index is 13.3. The van der Waals surface area contributed by atoms with Crippen LogP contribution in [0.4, 0.5) is 19.0 Å². The number of nitrogens with two attached hydrogens (primary N) is 1. The quantitative estimate of drug-likeness (QED) is 0.317. The number of likely N-dealkylation sites (tertiary alicyclic amines) is 1. The van der Waals surface area contributed by atoms with E-state index in [0.717, 1.165) is 53.3 Å². The Hall–Kier alpha value is -3.72. The van der Waals surface area contributed by atoms with E-state index in [1.807, 2.05) is 52.1 Å². The number of halogens is 3. The fraction of sp³-hybridized carbons (Fsp3) is 0.344. The first-order valence-corrected chi connectivity index (χ1v) is 12.8. The third-order valence-electron chi connectivity index (χ3n) is 6.20. The van der Waals surface area contributed by atoms with Crippen LogP contribution < -0.4 is 5.73 Å². The topological polar surface area (TPSA) is 42.1 Å². The first-order chi connectivity index (χ1) is 18.0. The fourth-order valence-electron chi connectivity index (χ4n) is 4.17. The summed E-state index contributed by atoms with van der Waals surface area (Å²) in [6, 6.07) is 7.62. The summed E-state index contributed by atoms with van der Waals surface area (Å²) in [6.07, 6.45) is 14.3. The SMILES string of the molecule is C#Cc1ccc2ccnc(N)c2c1.C\C=C/C(=C\C(=C\CC)C(F)(F)F)C(/C=C1/CCCCN1C)=C(C)C. The maximum absolute atomic E-state index is 13.3. The lowest BCUT2D eigenvalue weighted by Crippen LogP contribution is -2.23. The Labute approximate surface area is 225 Å². The second-order valence-electron chi connectivity index (χ2n) is 9.37. The van der Waals surface area contributed by atoms with Gasteiger partial charge >= 0.3 is 6.18 Å². The van der Waals surface area contributed by atoms with Gasteiger partial charge in [0.25, 0.3) is 0 Å². The number of nitrogens with zero attached hydrogens (tertiary/aromatic N) is 2. The molecular weight excluding hydrogens is 483 g/mol. The number of fused-ring (bicyclic) bond motifs is 1. The van der Waals surface area contributed by atoms with Crippen LogP contribution in [0.2, 0.25) is 0 Å². The van der Waals surface area contributed by atoms with Gasteiger partial charge in [-0.05, 0) is 93.3 Å². The number of nitrogen functional groups attached to an aromatic ring is 1. The number of aromatic nitrogens is 1. The van der Waals surface area contributed by atoms with Crippen LogP contribution in [0, 0.1) is 12.3 Å². The Morgan fingerprint density at radius 1 is 1.21 bits per heavy atom. The Kier molecular flexibility index (Phi) is 11.5. The van der Waals surface area contributed by atoms with Gasteiger partial charge in [-0.1, -0.05) is 42.7 Å². The molecule has 2 heterocycles. The molecule has 3 nitrogen and oxygen atoms in total. The molecule has 1 aromatic heterocycles. The highest BCUT2D eigenvalue weighted by Crippen LogP contribution is 2.32. The van der Waals surface area contributed by atoms with E-state index in [9.17, 15) is 13.2 Å². The summed E-state index contributed by atoms with van der Waals surface area (Å²) >= 11 is 0. The largest absolute Gasteiger partial charge is 0.416 e. The van der Waals surface area contributed by atoms with Crippen molar-refractivity contribution >= 4 is 16.6 Å². The van der Waals surface area contributed by atoms with Gasteiger partial charge < -0.3 is 10.6 Å². The molecule has 0 atom stereocenters. The molecule has 0 aliphatic carbocycles.